The molecule has 3 heterocycles. The first-order valence-corrected chi connectivity index (χ1v) is 13.4. The van der Waals surface area contributed by atoms with Crippen molar-refractivity contribution in [2.45, 2.75) is 99.4 Å². The molecule has 16 heteroatoms. The van der Waals surface area contributed by atoms with Gasteiger partial charge in [-0.05, 0) is 13.8 Å². The standard InChI is InChI=1S/C25H43NO15/c1-4-5-26-6-11(30)22-16(12(31)7-27)25(3,40-22)41-24-20(35)18(33)15(13(8-28)38-24)10(2)37-23-21(36)19(34)17(32)14(9-29)39-23/h1,10-24,26-36H,5-9H2,2-3H3/t10?,11?,12?,13?,14?,15-,16-,17-,18?,19?,20?,21?,22?,23+,24+,25?/m1/s1. The lowest BCUT2D eigenvalue weighted by molar-refractivity contribution is -0.453. The zero-order valence-corrected chi connectivity index (χ0v) is 22.8. The van der Waals surface area contributed by atoms with Crippen LogP contribution in [-0.4, -0.2) is 169 Å². The molecule has 0 bridgehead atoms. The number of aliphatic hydroxyl groups excluding tert-OH is 10. The molecule has 238 valence electrons. The minimum absolute atomic E-state index is 0.0153. The molecule has 0 aromatic carbocycles. The van der Waals surface area contributed by atoms with Gasteiger partial charge in [-0.25, -0.2) is 0 Å². The Morgan fingerprint density at radius 1 is 0.878 bits per heavy atom. The molecule has 3 aliphatic heterocycles. The second-order valence-electron chi connectivity index (χ2n) is 10.7. The largest absolute Gasteiger partial charge is 0.394 e. The van der Waals surface area contributed by atoms with Gasteiger partial charge in [-0.1, -0.05) is 5.92 Å². The lowest BCUT2D eigenvalue weighted by Crippen LogP contribution is -2.71. The molecular formula is C25H43NO15. The number of aliphatic hydroxyl groups is 10. The molecule has 16 atom stereocenters. The van der Waals surface area contributed by atoms with Gasteiger partial charge in [0, 0.05) is 12.5 Å². The second kappa shape index (κ2) is 14.6. The highest BCUT2D eigenvalue weighted by Crippen LogP contribution is 2.46. The van der Waals surface area contributed by atoms with Gasteiger partial charge in [0.15, 0.2) is 18.4 Å². The highest BCUT2D eigenvalue weighted by molar-refractivity contribution is 5.02. The highest BCUT2D eigenvalue weighted by Gasteiger charge is 2.61. The number of terminal acetylenes is 1. The van der Waals surface area contributed by atoms with Crippen LogP contribution in [0.3, 0.4) is 0 Å². The predicted octanol–water partition coefficient (Wildman–Crippen LogP) is -6.07. The first-order chi connectivity index (χ1) is 19.3. The van der Waals surface area contributed by atoms with Gasteiger partial charge in [0.2, 0.25) is 0 Å². The Morgan fingerprint density at radius 2 is 1.49 bits per heavy atom. The quantitative estimate of drug-likeness (QED) is 0.0697. The van der Waals surface area contributed by atoms with E-state index in [2.05, 4.69) is 11.2 Å². The van der Waals surface area contributed by atoms with Gasteiger partial charge in [0.05, 0.1) is 68.9 Å². The van der Waals surface area contributed by atoms with Gasteiger partial charge in [0.1, 0.15) is 30.5 Å². The Bertz CT molecular complexity index is 859. The maximum Gasteiger partial charge on any atom is 0.189 e. The summed E-state index contributed by atoms with van der Waals surface area (Å²) in [5.74, 6) is -1.48. The Labute approximate surface area is 237 Å². The van der Waals surface area contributed by atoms with Crippen LogP contribution in [0.15, 0.2) is 0 Å². The third-order valence-electron chi connectivity index (χ3n) is 7.92. The van der Waals surface area contributed by atoms with Crippen molar-refractivity contribution < 1.29 is 74.7 Å². The summed E-state index contributed by atoms with van der Waals surface area (Å²) in [6, 6.07) is 0. The monoisotopic (exact) mass is 597 g/mol. The fourth-order valence-corrected chi connectivity index (χ4v) is 5.67. The average Bonchev–Trinajstić information content (AvgIpc) is 2.94. The molecule has 0 aromatic rings. The number of rotatable bonds is 13. The van der Waals surface area contributed by atoms with E-state index < -0.39 is 117 Å². The second-order valence-corrected chi connectivity index (χ2v) is 10.7. The summed E-state index contributed by atoms with van der Waals surface area (Å²) in [6.07, 6.45) is -13.5. The molecule has 0 amide bonds. The van der Waals surface area contributed by atoms with Crippen LogP contribution in [0.1, 0.15) is 13.8 Å². The van der Waals surface area contributed by atoms with Crippen LogP contribution >= 0.6 is 0 Å². The zero-order valence-electron chi connectivity index (χ0n) is 22.8. The minimum Gasteiger partial charge on any atom is -0.394 e. The van der Waals surface area contributed by atoms with Gasteiger partial charge in [-0.15, -0.1) is 6.42 Å². The molecule has 0 aliphatic carbocycles. The molecule has 0 radical (unpaired) electrons. The zero-order chi connectivity index (χ0) is 30.6. The molecule has 11 unspecified atom stereocenters. The molecule has 0 spiro atoms. The number of hydrogen-bond donors (Lipinski definition) is 11. The summed E-state index contributed by atoms with van der Waals surface area (Å²) >= 11 is 0. The molecule has 3 fully saturated rings. The summed E-state index contributed by atoms with van der Waals surface area (Å²) in [5, 5.41) is 105. The third kappa shape index (κ3) is 7.19. The van der Waals surface area contributed by atoms with Crippen molar-refractivity contribution in [3.8, 4) is 12.3 Å². The molecule has 16 nitrogen and oxygen atoms in total. The van der Waals surface area contributed by atoms with E-state index in [9.17, 15) is 51.1 Å². The summed E-state index contributed by atoms with van der Waals surface area (Å²) < 4.78 is 28.3. The van der Waals surface area contributed by atoms with Gasteiger partial charge in [-0.3, -0.25) is 0 Å². The summed E-state index contributed by atoms with van der Waals surface area (Å²) in [5.41, 5.74) is 0. The van der Waals surface area contributed by atoms with Crippen molar-refractivity contribution in [3.05, 3.63) is 0 Å². The SMILES string of the molecule is C#CCNCC(O)C1OC(C)(O[C@@H]2OC(CO)[C@@H](C(C)O[C@H]3OC(CO)[C@@H](O)C(O)C3O)C(O)C2O)[C@@H]1C(O)CO. The predicted molar refractivity (Wildman–Crippen MR) is 134 cm³/mol. The van der Waals surface area contributed by atoms with E-state index in [4.69, 9.17) is 30.1 Å². The van der Waals surface area contributed by atoms with Gasteiger partial charge >= 0.3 is 0 Å². The minimum atomic E-state index is -1.75. The van der Waals surface area contributed by atoms with Gasteiger partial charge in [0.25, 0.3) is 0 Å². The Balaban J connectivity index is 1.70. The van der Waals surface area contributed by atoms with Crippen molar-refractivity contribution in [2.24, 2.45) is 11.8 Å². The van der Waals surface area contributed by atoms with Crippen LogP contribution in [0.25, 0.3) is 0 Å². The summed E-state index contributed by atoms with van der Waals surface area (Å²) in [6.45, 7) is 0.950. The van der Waals surface area contributed by atoms with Crippen LogP contribution in [0.5, 0.6) is 0 Å². The van der Waals surface area contributed by atoms with E-state index in [1.807, 2.05) is 0 Å². The Morgan fingerprint density at radius 3 is 2.07 bits per heavy atom. The Hall–Kier alpha value is -1.08. The lowest BCUT2D eigenvalue weighted by atomic mass is 9.79. The van der Waals surface area contributed by atoms with E-state index in [0.29, 0.717) is 0 Å². The van der Waals surface area contributed by atoms with Crippen LogP contribution in [0, 0.1) is 24.2 Å². The average molecular weight is 598 g/mol. The normalized spacial score (nSPS) is 45.3. The van der Waals surface area contributed by atoms with Crippen molar-refractivity contribution in [1.29, 1.82) is 0 Å². The molecule has 3 saturated heterocycles. The summed E-state index contributed by atoms with van der Waals surface area (Å²) in [4.78, 5) is 0. The Kier molecular flexibility index (Phi) is 12.3. The van der Waals surface area contributed by atoms with Crippen molar-refractivity contribution >= 4 is 0 Å². The van der Waals surface area contributed by atoms with E-state index in [-0.39, 0.29) is 13.1 Å². The fourth-order valence-electron chi connectivity index (χ4n) is 5.67. The number of ether oxygens (including phenoxy) is 5. The molecule has 41 heavy (non-hydrogen) atoms. The van der Waals surface area contributed by atoms with Gasteiger partial charge < -0.3 is 80.1 Å². The maximum absolute atomic E-state index is 11.0. The first kappa shape index (κ1) is 34.4. The molecular weight excluding hydrogens is 554 g/mol. The van der Waals surface area contributed by atoms with Gasteiger partial charge in [-0.2, -0.15) is 0 Å². The topological polar surface area (TPSA) is 260 Å². The van der Waals surface area contributed by atoms with E-state index in [1.165, 1.54) is 13.8 Å². The van der Waals surface area contributed by atoms with Crippen LogP contribution in [-0.2, 0) is 23.7 Å². The maximum atomic E-state index is 11.0. The molecule has 11 N–H and O–H groups in total. The molecule has 3 aliphatic rings. The highest BCUT2D eigenvalue weighted by atomic mass is 16.8. The van der Waals surface area contributed by atoms with E-state index in [0.717, 1.165) is 0 Å². The van der Waals surface area contributed by atoms with Crippen molar-refractivity contribution in [3.63, 3.8) is 0 Å². The molecule has 3 rings (SSSR count). The van der Waals surface area contributed by atoms with Crippen LogP contribution in [0.2, 0.25) is 0 Å². The number of hydrogen-bond acceptors (Lipinski definition) is 16. The van der Waals surface area contributed by atoms with E-state index in [1.54, 1.807) is 0 Å². The third-order valence-corrected chi connectivity index (χ3v) is 7.92. The first-order valence-electron chi connectivity index (χ1n) is 13.4. The smallest absolute Gasteiger partial charge is 0.189 e. The molecule has 0 saturated carbocycles. The summed E-state index contributed by atoms with van der Waals surface area (Å²) in [7, 11) is 0. The van der Waals surface area contributed by atoms with Crippen LogP contribution in [0.4, 0.5) is 0 Å². The van der Waals surface area contributed by atoms with Crippen molar-refractivity contribution in [2.75, 3.05) is 32.9 Å². The lowest BCUT2D eigenvalue weighted by Gasteiger charge is -2.57. The van der Waals surface area contributed by atoms with Crippen molar-refractivity contribution in [1.82, 2.24) is 5.32 Å². The number of nitrogens with one attached hydrogen (secondary N) is 1. The fraction of sp³-hybridized carbons (Fsp3) is 0.920. The van der Waals surface area contributed by atoms with Crippen LogP contribution < -0.4 is 5.32 Å². The van der Waals surface area contributed by atoms with E-state index >= 15 is 0 Å². The molecule has 0 aromatic heterocycles.